The number of carbonyl (C=O) groups is 1. The summed E-state index contributed by atoms with van der Waals surface area (Å²) in [7, 11) is 2.92. The minimum atomic E-state index is -0.550. The smallest absolute Gasteiger partial charge is 0.311 e. The number of ether oxygens (including phenoxy) is 3. The van der Waals surface area contributed by atoms with Crippen molar-refractivity contribution in [1.29, 1.82) is 0 Å². The minimum Gasteiger partial charge on any atom is -0.497 e. The van der Waals surface area contributed by atoms with Crippen molar-refractivity contribution in [1.82, 2.24) is 5.32 Å². The summed E-state index contributed by atoms with van der Waals surface area (Å²) < 4.78 is 15.4. The first-order valence-electron chi connectivity index (χ1n) is 7.83. The molecule has 8 heteroatoms. The fourth-order valence-electron chi connectivity index (χ4n) is 2.31. The number of benzene rings is 2. The lowest BCUT2D eigenvalue weighted by atomic mass is 10.1. The lowest BCUT2D eigenvalue weighted by molar-refractivity contribution is -0.385. The Balaban J connectivity index is 1.92. The second-order valence-corrected chi connectivity index (χ2v) is 5.44. The topological polar surface area (TPSA) is 99.9 Å². The van der Waals surface area contributed by atoms with Crippen molar-refractivity contribution >= 4 is 11.6 Å². The fourth-order valence-corrected chi connectivity index (χ4v) is 2.31. The average molecular weight is 360 g/mol. The van der Waals surface area contributed by atoms with Gasteiger partial charge in [-0.25, -0.2) is 0 Å². The third-order valence-corrected chi connectivity index (χ3v) is 3.71. The third-order valence-electron chi connectivity index (χ3n) is 3.71. The Hall–Kier alpha value is -3.29. The predicted molar refractivity (Wildman–Crippen MR) is 94.7 cm³/mol. The van der Waals surface area contributed by atoms with Crippen LogP contribution in [0.5, 0.6) is 17.2 Å². The summed E-state index contributed by atoms with van der Waals surface area (Å²) in [5.74, 6) is 0.799. The van der Waals surface area contributed by atoms with Gasteiger partial charge in [0.05, 0.1) is 25.2 Å². The average Bonchev–Trinajstić information content (AvgIpc) is 2.65. The van der Waals surface area contributed by atoms with Gasteiger partial charge in [-0.2, -0.15) is 0 Å². The number of amides is 1. The van der Waals surface area contributed by atoms with E-state index in [0.717, 1.165) is 11.3 Å². The highest BCUT2D eigenvalue weighted by molar-refractivity contribution is 5.78. The second kappa shape index (κ2) is 8.70. The van der Waals surface area contributed by atoms with Gasteiger partial charge in [0.2, 0.25) is 5.75 Å². The Morgan fingerprint density at radius 1 is 1.12 bits per heavy atom. The first-order chi connectivity index (χ1) is 12.4. The van der Waals surface area contributed by atoms with E-state index in [1.807, 2.05) is 31.2 Å². The summed E-state index contributed by atoms with van der Waals surface area (Å²) in [6.07, 6.45) is 0. The third kappa shape index (κ3) is 4.85. The molecule has 0 bridgehead atoms. The molecule has 2 aromatic rings. The van der Waals surface area contributed by atoms with Crippen molar-refractivity contribution in [3.63, 3.8) is 0 Å². The van der Waals surface area contributed by atoms with Gasteiger partial charge < -0.3 is 19.5 Å². The fraction of sp³-hybridized carbons (Fsp3) is 0.278. The van der Waals surface area contributed by atoms with E-state index in [1.54, 1.807) is 7.11 Å². The lowest BCUT2D eigenvalue weighted by Crippen LogP contribution is -2.31. The number of hydrogen-bond acceptors (Lipinski definition) is 6. The molecule has 1 atom stereocenters. The van der Waals surface area contributed by atoms with Crippen LogP contribution in [0.4, 0.5) is 5.69 Å². The first kappa shape index (κ1) is 19.0. The molecule has 0 aliphatic rings. The maximum absolute atomic E-state index is 12.1. The lowest BCUT2D eigenvalue weighted by Gasteiger charge is -2.15. The normalized spacial score (nSPS) is 11.3. The monoisotopic (exact) mass is 360 g/mol. The van der Waals surface area contributed by atoms with E-state index in [2.05, 4.69) is 5.32 Å². The summed E-state index contributed by atoms with van der Waals surface area (Å²) in [5, 5.41) is 13.7. The molecule has 0 aliphatic carbocycles. The molecule has 1 amide bonds. The molecule has 1 unspecified atom stereocenters. The molecule has 2 rings (SSSR count). The van der Waals surface area contributed by atoms with E-state index in [0.29, 0.717) is 5.75 Å². The standard InChI is InChI=1S/C18H20N2O6/c1-12(13-4-6-14(24-2)7-5-13)19-18(21)11-26-15-8-9-16(20(22)23)17(10-15)25-3/h4-10,12H,11H2,1-3H3,(H,19,21). The number of nitrogens with one attached hydrogen (secondary N) is 1. The van der Waals surface area contributed by atoms with Crippen LogP contribution in [0.1, 0.15) is 18.5 Å². The van der Waals surface area contributed by atoms with Crippen molar-refractivity contribution < 1.29 is 23.9 Å². The van der Waals surface area contributed by atoms with Gasteiger partial charge in [0.15, 0.2) is 6.61 Å². The molecule has 0 spiro atoms. The van der Waals surface area contributed by atoms with Crippen LogP contribution in [0.3, 0.4) is 0 Å². The molecular weight excluding hydrogens is 340 g/mol. The molecule has 8 nitrogen and oxygen atoms in total. The second-order valence-electron chi connectivity index (χ2n) is 5.44. The van der Waals surface area contributed by atoms with Crippen molar-refractivity contribution in [3.8, 4) is 17.2 Å². The number of nitro groups is 1. The highest BCUT2D eigenvalue weighted by Gasteiger charge is 2.16. The zero-order valence-corrected chi connectivity index (χ0v) is 14.7. The van der Waals surface area contributed by atoms with Gasteiger partial charge in [-0.05, 0) is 30.7 Å². The SMILES string of the molecule is COc1ccc(C(C)NC(=O)COc2ccc([N+](=O)[O-])c(OC)c2)cc1. The molecular formula is C18H20N2O6. The number of methoxy groups -OCH3 is 2. The molecule has 26 heavy (non-hydrogen) atoms. The van der Waals surface area contributed by atoms with Gasteiger partial charge in [-0.1, -0.05) is 12.1 Å². The van der Waals surface area contributed by atoms with Crippen molar-refractivity contribution in [2.24, 2.45) is 0 Å². The number of carbonyl (C=O) groups excluding carboxylic acids is 1. The molecule has 1 N–H and O–H groups in total. The van der Waals surface area contributed by atoms with Crippen molar-refractivity contribution in [3.05, 3.63) is 58.1 Å². The number of hydrogen-bond donors (Lipinski definition) is 1. The van der Waals surface area contributed by atoms with Crippen molar-refractivity contribution in [2.75, 3.05) is 20.8 Å². The predicted octanol–water partition coefficient (Wildman–Crippen LogP) is 2.87. The van der Waals surface area contributed by atoms with E-state index in [4.69, 9.17) is 14.2 Å². The number of nitrogens with zero attached hydrogens (tertiary/aromatic N) is 1. The summed E-state index contributed by atoms with van der Waals surface area (Å²) in [6, 6.07) is 11.2. The summed E-state index contributed by atoms with van der Waals surface area (Å²) in [5.41, 5.74) is 0.758. The first-order valence-corrected chi connectivity index (χ1v) is 7.83. The zero-order valence-electron chi connectivity index (χ0n) is 14.7. The van der Waals surface area contributed by atoms with Crippen LogP contribution in [0, 0.1) is 10.1 Å². The van der Waals surface area contributed by atoms with Gasteiger partial charge in [0.1, 0.15) is 11.5 Å². The highest BCUT2D eigenvalue weighted by atomic mass is 16.6. The van der Waals surface area contributed by atoms with Gasteiger partial charge in [0, 0.05) is 12.1 Å². The largest absolute Gasteiger partial charge is 0.497 e. The van der Waals surface area contributed by atoms with Gasteiger partial charge in [-0.3, -0.25) is 14.9 Å². The summed E-state index contributed by atoms with van der Waals surface area (Å²) >= 11 is 0. The summed E-state index contributed by atoms with van der Waals surface area (Å²) in [4.78, 5) is 22.4. The van der Waals surface area contributed by atoms with Crippen LogP contribution >= 0.6 is 0 Å². The van der Waals surface area contributed by atoms with E-state index in [1.165, 1.54) is 25.3 Å². The van der Waals surface area contributed by atoms with Crippen LogP contribution in [0.25, 0.3) is 0 Å². The molecule has 0 aromatic heterocycles. The quantitative estimate of drug-likeness (QED) is 0.574. The van der Waals surface area contributed by atoms with Crippen LogP contribution in [-0.4, -0.2) is 31.7 Å². The maximum atomic E-state index is 12.1. The zero-order chi connectivity index (χ0) is 19.1. The molecule has 0 heterocycles. The Morgan fingerprint density at radius 3 is 2.35 bits per heavy atom. The van der Waals surface area contributed by atoms with E-state index >= 15 is 0 Å². The molecule has 0 fully saturated rings. The maximum Gasteiger partial charge on any atom is 0.311 e. The minimum absolute atomic E-state index is 0.0690. The Bertz CT molecular complexity index is 776. The van der Waals surface area contributed by atoms with Crippen LogP contribution in [-0.2, 0) is 4.79 Å². The molecule has 138 valence electrons. The van der Waals surface area contributed by atoms with Crippen molar-refractivity contribution in [2.45, 2.75) is 13.0 Å². The van der Waals surface area contributed by atoms with E-state index < -0.39 is 4.92 Å². The Kier molecular flexibility index (Phi) is 6.37. The Morgan fingerprint density at radius 2 is 1.77 bits per heavy atom. The highest BCUT2D eigenvalue weighted by Crippen LogP contribution is 2.30. The van der Waals surface area contributed by atoms with E-state index in [-0.39, 0.29) is 30.0 Å². The molecule has 2 aromatic carbocycles. The van der Waals surface area contributed by atoms with Crippen LogP contribution in [0.2, 0.25) is 0 Å². The summed E-state index contributed by atoms with van der Waals surface area (Å²) in [6.45, 7) is 1.63. The number of rotatable bonds is 8. The van der Waals surface area contributed by atoms with Gasteiger partial charge in [-0.15, -0.1) is 0 Å². The van der Waals surface area contributed by atoms with Gasteiger partial charge in [0.25, 0.3) is 5.91 Å². The van der Waals surface area contributed by atoms with Gasteiger partial charge >= 0.3 is 5.69 Å². The molecule has 0 aliphatic heterocycles. The van der Waals surface area contributed by atoms with E-state index in [9.17, 15) is 14.9 Å². The van der Waals surface area contributed by atoms with Crippen LogP contribution in [0.15, 0.2) is 42.5 Å². The Labute approximate surface area is 150 Å². The molecule has 0 saturated heterocycles. The number of nitro benzene ring substituents is 1. The molecule has 0 radical (unpaired) electrons. The van der Waals surface area contributed by atoms with Crippen LogP contribution < -0.4 is 19.5 Å². The molecule has 0 saturated carbocycles.